The number of hydrogen-bond acceptors (Lipinski definition) is 9. The van der Waals surface area contributed by atoms with E-state index < -0.39 is 29.4 Å². The zero-order valence-electron chi connectivity index (χ0n) is 35.1. The van der Waals surface area contributed by atoms with Gasteiger partial charge in [-0.2, -0.15) is 0 Å². The van der Waals surface area contributed by atoms with Crippen LogP contribution in [0.3, 0.4) is 0 Å². The van der Waals surface area contributed by atoms with Crippen LogP contribution in [-0.4, -0.2) is 90.5 Å². The van der Waals surface area contributed by atoms with Gasteiger partial charge < -0.3 is 29.4 Å². The number of carbonyl (C=O) groups is 3. The van der Waals surface area contributed by atoms with Crippen molar-refractivity contribution in [3.05, 3.63) is 77.6 Å². The van der Waals surface area contributed by atoms with E-state index in [1.807, 2.05) is 45.2 Å². The first-order valence-electron chi connectivity index (χ1n) is 21.0. The average Bonchev–Trinajstić information content (AvgIpc) is 3.50. The first-order valence-corrected chi connectivity index (χ1v) is 21.0. The predicted octanol–water partition coefficient (Wildman–Crippen LogP) is 6.01. The van der Waals surface area contributed by atoms with Crippen molar-refractivity contribution < 1.29 is 28.6 Å². The van der Waals surface area contributed by atoms with Crippen LogP contribution in [0, 0.1) is 17.3 Å². The third kappa shape index (κ3) is 8.85. The van der Waals surface area contributed by atoms with Gasteiger partial charge in [0, 0.05) is 67.8 Å². The fourth-order valence-corrected chi connectivity index (χ4v) is 8.46. The van der Waals surface area contributed by atoms with Crippen molar-refractivity contribution >= 4 is 28.7 Å². The Morgan fingerprint density at radius 2 is 1.86 bits per heavy atom. The van der Waals surface area contributed by atoms with Gasteiger partial charge in [-0.25, -0.2) is 5.43 Å². The quantitative estimate of drug-likeness (QED) is 0.165. The maximum absolute atomic E-state index is 14.5. The molecule has 12 nitrogen and oxygen atoms in total. The van der Waals surface area contributed by atoms with Gasteiger partial charge in [-0.15, -0.1) is 0 Å². The number of pyridine rings is 1. The van der Waals surface area contributed by atoms with Gasteiger partial charge in [-0.1, -0.05) is 58.0 Å². The number of amides is 2. The van der Waals surface area contributed by atoms with Gasteiger partial charge in [0.1, 0.15) is 12.1 Å². The first-order chi connectivity index (χ1) is 27.9. The summed E-state index contributed by atoms with van der Waals surface area (Å²) in [6.07, 6.45) is 3.71. The molecule has 3 N–H and O–H groups in total. The highest BCUT2D eigenvalue weighted by atomic mass is 16.5. The van der Waals surface area contributed by atoms with Gasteiger partial charge in [0.2, 0.25) is 5.91 Å². The van der Waals surface area contributed by atoms with E-state index in [-0.39, 0.29) is 49.6 Å². The number of esters is 1. The highest BCUT2D eigenvalue weighted by Gasteiger charge is 2.37. The maximum atomic E-state index is 14.5. The van der Waals surface area contributed by atoms with Crippen LogP contribution in [0.25, 0.3) is 33.3 Å². The minimum Gasteiger partial charge on any atom is -0.464 e. The fourth-order valence-electron chi connectivity index (χ4n) is 8.46. The maximum Gasteiger partial charge on any atom is 0.324 e. The van der Waals surface area contributed by atoms with Gasteiger partial charge in [0.05, 0.1) is 42.7 Å². The van der Waals surface area contributed by atoms with Gasteiger partial charge in [-0.05, 0) is 85.5 Å². The van der Waals surface area contributed by atoms with E-state index in [1.54, 1.807) is 7.11 Å². The topological polar surface area (TPSA) is 136 Å². The lowest BCUT2D eigenvalue weighted by molar-refractivity contribution is -0.155. The number of nitrogens with zero attached hydrogens (tertiary/aromatic N) is 3. The Morgan fingerprint density at radius 1 is 1.07 bits per heavy atom. The molecular weight excluding hydrogens is 733 g/mol. The largest absolute Gasteiger partial charge is 0.464 e. The molecule has 7 rings (SSSR count). The molecule has 1 unspecified atom stereocenters. The van der Waals surface area contributed by atoms with E-state index in [0.717, 1.165) is 69.7 Å². The minimum absolute atomic E-state index is 0.00166. The minimum atomic E-state index is -0.882. The highest BCUT2D eigenvalue weighted by Crippen LogP contribution is 2.42. The van der Waals surface area contributed by atoms with E-state index in [4.69, 9.17) is 19.2 Å². The lowest BCUT2D eigenvalue weighted by atomic mass is 9.84. The van der Waals surface area contributed by atoms with Crippen LogP contribution < -0.4 is 16.1 Å². The molecule has 3 aliphatic heterocycles. The summed E-state index contributed by atoms with van der Waals surface area (Å²) in [4.78, 5) is 47.1. The number of aryl methyl sites for hydroxylation is 1. The lowest BCUT2D eigenvalue weighted by Crippen LogP contribution is -2.61. The molecular formula is C46H60N6O6. The van der Waals surface area contributed by atoms with Crippen molar-refractivity contribution in [3.8, 4) is 22.4 Å². The van der Waals surface area contributed by atoms with Crippen molar-refractivity contribution in [3.63, 3.8) is 0 Å². The zero-order valence-corrected chi connectivity index (χ0v) is 35.1. The summed E-state index contributed by atoms with van der Waals surface area (Å²) in [5.74, 6) is -1.35. The molecule has 4 aromatic rings. The Bertz CT molecular complexity index is 2120. The van der Waals surface area contributed by atoms with Crippen LogP contribution in [0.1, 0.15) is 77.3 Å². The Balaban J connectivity index is 1.32. The Labute approximate surface area is 342 Å². The number of hydrazine groups is 1. The number of methoxy groups -OCH3 is 1. The summed E-state index contributed by atoms with van der Waals surface area (Å²) in [5.41, 5.74) is 10.9. The number of rotatable bonds is 10. The van der Waals surface area contributed by atoms with E-state index >= 15 is 0 Å². The molecule has 12 heteroatoms. The third-order valence-electron chi connectivity index (χ3n) is 12.0. The van der Waals surface area contributed by atoms with Crippen LogP contribution in [0.2, 0.25) is 0 Å². The molecule has 2 amide bonds. The second-order valence-corrected chi connectivity index (χ2v) is 17.3. The Kier molecular flexibility index (Phi) is 12.7. The molecule has 2 fully saturated rings. The number of fused-ring (bicyclic) bond motifs is 6. The summed E-state index contributed by atoms with van der Waals surface area (Å²) in [6, 6.07) is 17.3. The van der Waals surface area contributed by atoms with Crippen LogP contribution in [0.15, 0.2) is 60.8 Å². The molecule has 3 aliphatic rings. The van der Waals surface area contributed by atoms with Gasteiger partial charge in [0.25, 0.3) is 5.91 Å². The molecule has 2 saturated heterocycles. The first kappa shape index (κ1) is 41.5. The molecule has 0 radical (unpaired) electrons. The number of hydrogen-bond donors (Lipinski definition) is 3. The molecule has 2 aromatic heterocycles. The van der Waals surface area contributed by atoms with Crippen molar-refractivity contribution in [2.45, 2.75) is 98.1 Å². The number of benzene rings is 2. The van der Waals surface area contributed by atoms with Crippen LogP contribution in [0.4, 0.5) is 0 Å². The zero-order chi connectivity index (χ0) is 41.1. The Morgan fingerprint density at radius 3 is 2.59 bits per heavy atom. The average molecular weight is 793 g/mol. The van der Waals surface area contributed by atoms with Crippen molar-refractivity contribution in [2.24, 2.45) is 17.3 Å². The summed E-state index contributed by atoms with van der Waals surface area (Å²) < 4.78 is 20.3. The molecule has 0 aliphatic carbocycles. The summed E-state index contributed by atoms with van der Waals surface area (Å²) in [5, 5.41) is 8.96. The van der Waals surface area contributed by atoms with Crippen LogP contribution in [0.5, 0.6) is 0 Å². The lowest BCUT2D eigenvalue weighted by Gasteiger charge is -2.36. The fraction of sp³-hybridized carbons (Fsp3) is 0.522. The van der Waals surface area contributed by atoms with E-state index in [1.165, 1.54) is 5.01 Å². The normalized spacial score (nSPS) is 21.3. The highest BCUT2D eigenvalue weighted by molar-refractivity contribution is 5.95. The van der Waals surface area contributed by atoms with E-state index in [2.05, 4.69) is 77.8 Å². The molecule has 0 spiro atoms. The SMILES string of the molecule is CCn1c(-c2cccnc2[C@H](C)OC)c2c3cc(ccc31)-c1cccc(c1)C[C@H](NC(=O)C(COC1CNC1)C(C)C)C(=O)N1CCC[C@H](N1)C(=O)OCC(C)(C)C2. The molecule has 58 heavy (non-hydrogen) atoms. The number of aromatic nitrogens is 2. The number of ether oxygens (including phenoxy) is 3. The monoisotopic (exact) mass is 792 g/mol. The second kappa shape index (κ2) is 17.7. The smallest absolute Gasteiger partial charge is 0.324 e. The molecule has 310 valence electrons. The van der Waals surface area contributed by atoms with Crippen molar-refractivity contribution in [1.82, 2.24) is 30.6 Å². The Hall–Kier alpha value is -4.62. The number of carbonyl (C=O) groups excluding carboxylic acids is 3. The molecule has 5 heterocycles. The number of nitrogens with one attached hydrogen (secondary N) is 3. The summed E-state index contributed by atoms with van der Waals surface area (Å²) in [6.45, 7) is 15.6. The van der Waals surface area contributed by atoms with Crippen molar-refractivity contribution in [2.75, 3.05) is 40.0 Å². The van der Waals surface area contributed by atoms with Gasteiger partial charge >= 0.3 is 5.97 Å². The van der Waals surface area contributed by atoms with Crippen LogP contribution in [-0.2, 0) is 48.0 Å². The van der Waals surface area contributed by atoms with E-state index in [9.17, 15) is 14.4 Å². The molecule has 2 aromatic carbocycles. The molecule has 4 atom stereocenters. The summed E-state index contributed by atoms with van der Waals surface area (Å²) in [7, 11) is 1.70. The molecule has 0 saturated carbocycles. The van der Waals surface area contributed by atoms with Gasteiger partial charge in [-0.3, -0.25) is 24.4 Å². The van der Waals surface area contributed by atoms with Crippen LogP contribution >= 0.6 is 0 Å². The van der Waals surface area contributed by atoms with Gasteiger partial charge in [0.15, 0.2) is 0 Å². The standard InChI is InChI=1S/C46H60N6O6/c1-8-51-40-17-16-32-22-35(40)36(42(51)34-14-10-18-48-41(34)29(4)56-7)23-46(5,6)27-58-45(55)38-15-11-19-52(50-38)44(54)39(21-30-12-9-13-31(32)20-30)49-43(53)37(28(2)3)26-57-33-24-47-25-33/h9-10,12-14,16-18,20,22,28-29,33,37-39,47,50H,8,11,15,19,21,23-27H2,1-7H3,(H,49,53)/t29-,37?,38-,39-/m0/s1. The summed E-state index contributed by atoms with van der Waals surface area (Å²) >= 11 is 0. The predicted molar refractivity (Wildman–Crippen MR) is 225 cm³/mol. The number of cyclic esters (lactones) is 1. The molecule has 6 bridgehead atoms. The van der Waals surface area contributed by atoms with E-state index in [0.29, 0.717) is 25.8 Å². The second-order valence-electron chi connectivity index (χ2n) is 17.3. The van der Waals surface area contributed by atoms with Crippen molar-refractivity contribution in [1.29, 1.82) is 0 Å². The third-order valence-corrected chi connectivity index (χ3v) is 12.0.